The van der Waals surface area contributed by atoms with E-state index in [-0.39, 0.29) is 17.5 Å². The normalized spacial score (nSPS) is 39.2. The molecule has 2 saturated carbocycles. The van der Waals surface area contributed by atoms with Gasteiger partial charge in [0.05, 0.1) is 0 Å². The Morgan fingerprint density at radius 1 is 1.32 bits per heavy atom. The lowest BCUT2D eigenvalue weighted by Crippen LogP contribution is -2.47. The number of aromatic hydroxyl groups is 1. The fourth-order valence-corrected chi connectivity index (χ4v) is 6.53. The van der Waals surface area contributed by atoms with Gasteiger partial charge in [0.15, 0.2) is 0 Å². The van der Waals surface area contributed by atoms with Crippen molar-refractivity contribution in [1.82, 2.24) is 0 Å². The van der Waals surface area contributed by atoms with Gasteiger partial charge in [-0.3, -0.25) is 4.79 Å². The van der Waals surface area contributed by atoms with Gasteiger partial charge in [0.25, 0.3) is 0 Å². The second-order valence-corrected chi connectivity index (χ2v) is 8.77. The molecule has 1 aromatic rings. The van der Waals surface area contributed by atoms with Crippen molar-refractivity contribution in [3.8, 4) is 5.75 Å². The molecule has 0 aliphatic heterocycles. The zero-order valence-corrected chi connectivity index (χ0v) is 15.6. The molecule has 3 nitrogen and oxygen atoms in total. The summed E-state index contributed by atoms with van der Waals surface area (Å²) in [4.78, 5) is 11.6. The fourth-order valence-electron chi connectivity index (χ4n) is 6.53. The molecule has 1 N–H and O–H groups in total. The molecule has 0 heterocycles. The molecule has 6 atom stereocenters. The number of carbonyl (C=O) groups excluding carboxylic acids is 1. The number of phenolic OH excluding ortho intramolecular Hbond substituents is 1. The van der Waals surface area contributed by atoms with Gasteiger partial charge in [0, 0.05) is 12.3 Å². The van der Waals surface area contributed by atoms with Crippen LogP contribution in [0.25, 0.3) is 0 Å². The molecule has 0 bridgehead atoms. The third-order valence-corrected chi connectivity index (χ3v) is 7.63. The Morgan fingerprint density at radius 2 is 2.12 bits per heavy atom. The van der Waals surface area contributed by atoms with Gasteiger partial charge in [-0.25, -0.2) is 0 Å². The van der Waals surface area contributed by atoms with Crippen LogP contribution in [0.4, 0.5) is 0 Å². The van der Waals surface area contributed by atoms with Crippen molar-refractivity contribution in [2.24, 2.45) is 23.2 Å². The van der Waals surface area contributed by atoms with Gasteiger partial charge >= 0.3 is 5.97 Å². The average Bonchev–Trinajstić information content (AvgIpc) is 2.89. The number of rotatable bonds is 2. The highest BCUT2D eigenvalue weighted by Gasteiger charge is 2.57. The van der Waals surface area contributed by atoms with Crippen molar-refractivity contribution in [2.45, 2.75) is 71.3 Å². The fraction of sp³-hybridized carbons (Fsp3) is 0.682. The van der Waals surface area contributed by atoms with Crippen LogP contribution in [0.1, 0.15) is 69.9 Å². The van der Waals surface area contributed by atoms with Gasteiger partial charge in [0.1, 0.15) is 11.9 Å². The van der Waals surface area contributed by atoms with Crippen LogP contribution in [0.2, 0.25) is 0 Å². The monoisotopic (exact) mass is 342 g/mol. The van der Waals surface area contributed by atoms with E-state index in [1.807, 2.05) is 12.1 Å². The predicted molar refractivity (Wildman–Crippen MR) is 97.4 cm³/mol. The SMILES string of the molecule is CCC1Cc2cc(O)ccc2C2CCC3(C)C(OC(C)=O)CCC3C12. The summed E-state index contributed by atoms with van der Waals surface area (Å²) in [5, 5.41) is 9.90. The van der Waals surface area contributed by atoms with E-state index in [4.69, 9.17) is 4.74 Å². The highest BCUT2D eigenvalue weighted by Crippen LogP contribution is 2.63. The number of ether oxygens (including phenoxy) is 1. The van der Waals surface area contributed by atoms with E-state index in [0.717, 1.165) is 19.3 Å². The minimum atomic E-state index is -0.134. The van der Waals surface area contributed by atoms with E-state index in [1.54, 1.807) is 6.92 Å². The Balaban J connectivity index is 1.70. The maximum Gasteiger partial charge on any atom is 0.302 e. The molecule has 0 saturated heterocycles. The zero-order chi connectivity index (χ0) is 17.8. The van der Waals surface area contributed by atoms with Crippen LogP contribution in [0.5, 0.6) is 5.75 Å². The first-order valence-corrected chi connectivity index (χ1v) is 9.93. The minimum absolute atomic E-state index is 0.0923. The summed E-state index contributed by atoms with van der Waals surface area (Å²) in [5.41, 5.74) is 2.95. The summed E-state index contributed by atoms with van der Waals surface area (Å²) in [6.07, 6.45) is 6.85. The average molecular weight is 342 g/mol. The standard InChI is InChI=1S/C22H30O3/c1-4-14-11-15-12-16(24)5-6-17(15)18-9-10-22(3)19(21(14)18)7-8-20(22)25-13(2)23/h5-6,12,14,18-21,24H,4,7-11H2,1-3H3. The molecular weight excluding hydrogens is 312 g/mol. The first kappa shape index (κ1) is 16.9. The maximum absolute atomic E-state index is 11.6. The summed E-state index contributed by atoms with van der Waals surface area (Å²) < 4.78 is 5.75. The second-order valence-electron chi connectivity index (χ2n) is 8.77. The molecule has 2 fully saturated rings. The van der Waals surface area contributed by atoms with Crippen molar-refractivity contribution in [1.29, 1.82) is 0 Å². The Bertz CT molecular complexity index is 682. The Hall–Kier alpha value is -1.51. The Labute approximate surface area is 150 Å². The quantitative estimate of drug-likeness (QED) is 0.784. The highest BCUT2D eigenvalue weighted by molar-refractivity contribution is 5.66. The van der Waals surface area contributed by atoms with Crippen LogP contribution in [0.15, 0.2) is 18.2 Å². The molecule has 3 heteroatoms. The van der Waals surface area contributed by atoms with Gasteiger partial charge in [-0.2, -0.15) is 0 Å². The molecule has 3 aliphatic rings. The number of hydrogen-bond donors (Lipinski definition) is 1. The Morgan fingerprint density at radius 3 is 2.84 bits per heavy atom. The van der Waals surface area contributed by atoms with E-state index < -0.39 is 0 Å². The highest BCUT2D eigenvalue weighted by atomic mass is 16.5. The van der Waals surface area contributed by atoms with Gasteiger partial charge in [-0.15, -0.1) is 0 Å². The van der Waals surface area contributed by atoms with E-state index in [0.29, 0.717) is 29.4 Å². The topological polar surface area (TPSA) is 46.5 Å². The summed E-state index contributed by atoms with van der Waals surface area (Å²) >= 11 is 0. The summed E-state index contributed by atoms with van der Waals surface area (Å²) in [5.74, 6) is 2.85. The maximum atomic E-state index is 11.6. The predicted octanol–water partition coefficient (Wildman–Crippen LogP) is 4.82. The zero-order valence-electron chi connectivity index (χ0n) is 15.6. The lowest BCUT2D eigenvalue weighted by Gasteiger charge is -2.53. The summed E-state index contributed by atoms with van der Waals surface area (Å²) in [6.45, 7) is 6.22. The van der Waals surface area contributed by atoms with Gasteiger partial charge in [0.2, 0.25) is 0 Å². The molecule has 0 radical (unpaired) electrons. The number of esters is 1. The summed E-state index contributed by atoms with van der Waals surface area (Å²) in [6, 6.07) is 6.00. The van der Waals surface area contributed by atoms with Crippen LogP contribution >= 0.6 is 0 Å². The van der Waals surface area contributed by atoms with Crippen molar-refractivity contribution < 1.29 is 14.6 Å². The number of carbonyl (C=O) groups is 1. The molecule has 3 aliphatic carbocycles. The third kappa shape index (κ3) is 2.58. The third-order valence-electron chi connectivity index (χ3n) is 7.63. The lowest BCUT2D eigenvalue weighted by atomic mass is 9.52. The van der Waals surface area contributed by atoms with Gasteiger partial charge in [-0.1, -0.05) is 26.3 Å². The number of benzene rings is 1. The van der Waals surface area contributed by atoms with E-state index in [9.17, 15) is 9.90 Å². The molecular formula is C22H30O3. The lowest BCUT2D eigenvalue weighted by molar-refractivity contribution is -0.155. The molecule has 6 unspecified atom stereocenters. The number of phenols is 1. The van der Waals surface area contributed by atoms with E-state index in [2.05, 4.69) is 19.9 Å². The van der Waals surface area contributed by atoms with Crippen LogP contribution in [0, 0.1) is 23.2 Å². The van der Waals surface area contributed by atoms with Crippen LogP contribution in [-0.2, 0) is 16.0 Å². The first-order valence-electron chi connectivity index (χ1n) is 9.93. The molecule has 0 aromatic heterocycles. The number of hydrogen-bond acceptors (Lipinski definition) is 3. The number of fused-ring (bicyclic) bond motifs is 5. The largest absolute Gasteiger partial charge is 0.508 e. The van der Waals surface area contributed by atoms with Crippen LogP contribution in [0.3, 0.4) is 0 Å². The van der Waals surface area contributed by atoms with Crippen molar-refractivity contribution in [2.75, 3.05) is 0 Å². The van der Waals surface area contributed by atoms with Crippen LogP contribution < -0.4 is 0 Å². The van der Waals surface area contributed by atoms with Crippen molar-refractivity contribution in [3.63, 3.8) is 0 Å². The smallest absolute Gasteiger partial charge is 0.302 e. The molecule has 0 spiro atoms. The molecule has 0 amide bonds. The molecule has 1 aromatic carbocycles. The van der Waals surface area contributed by atoms with Gasteiger partial charge in [-0.05, 0) is 79.0 Å². The van der Waals surface area contributed by atoms with E-state index in [1.165, 1.54) is 30.4 Å². The second kappa shape index (κ2) is 6.03. The summed E-state index contributed by atoms with van der Waals surface area (Å²) in [7, 11) is 0. The molecule has 4 rings (SSSR count). The van der Waals surface area contributed by atoms with Crippen molar-refractivity contribution >= 4 is 5.97 Å². The molecule has 25 heavy (non-hydrogen) atoms. The first-order chi connectivity index (χ1) is 11.9. The van der Waals surface area contributed by atoms with Crippen LogP contribution in [-0.4, -0.2) is 17.2 Å². The van der Waals surface area contributed by atoms with Crippen molar-refractivity contribution in [3.05, 3.63) is 29.3 Å². The van der Waals surface area contributed by atoms with E-state index >= 15 is 0 Å². The van der Waals surface area contributed by atoms with Gasteiger partial charge < -0.3 is 9.84 Å². The minimum Gasteiger partial charge on any atom is -0.508 e. The molecule has 136 valence electrons. The Kier molecular flexibility index (Phi) is 4.09.